The fraction of sp³-hybridized carbons (Fsp3) is 0.800. The third-order valence-electron chi connectivity index (χ3n) is 2.81. The Balaban J connectivity index is 2.14. The van der Waals surface area contributed by atoms with Crippen molar-refractivity contribution in [3.05, 3.63) is 11.6 Å². The van der Waals surface area contributed by atoms with Gasteiger partial charge in [0.15, 0.2) is 0 Å². The van der Waals surface area contributed by atoms with E-state index in [1.165, 1.54) is 24.8 Å². The molecule has 1 aliphatic heterocycles. The highest BCUT2D eigenvalue weighted by atomic mass is 16.5. The summed E-state index contributed by atoms with van der Waals surface area (Å²) in [7, 11) is 0. The van der Waals surface area contributed by atoms with Crippen molar-refractivity contribution in [2.24, 2.45) is 0 Å². The van der Waals surface area contributed by atoms with E-state index < -0.39 is 0 Å². The van der Waals surface area contributed by atoms with Crippen LogP contribution in [-0.2, 0) is 4.74 Å². The van der Waals surface area contributed by atoms with Crippen LogP contribution in [0.1, 0.15) is 32.6 Å². The normalized spacial score (nSPS) is 40.8. The molecule has 2 aliphatic rings. The molecule has 2 nitrogen and oxygen atoms in total. The van der Waals surface area contributed by atoms with E-state index in [4.69, 9.17) is 9.84 Å². The number of aliphatic hydroxyl groups is 1. The second kappa shape index (κ2) is 2.86. The molecule has 0 bridgehead atoms. The van der Waals surface area contributed by atoms with Gasteiger partial charge in [0, 0.05) is 0 Å². The molecule has 1 N–H and O–H groups in total. The molecule has 2 heteroatoms. The van der Waals surface area contributed by atoms with Crippen molar-refractivity contribution in [1.29, 1.82) is 0 Å². The maximum atomic E-state index is 9.10. The lowest BCUT2D eigenvalue weighted by Crippen LogP contribution is -2.30. The lowest BCUT2D eigenvalue weighted by Gasteiger charge is -2.24. The number of ether oxygens (including phenoxy) is 1. The highest BCUT2D eigenvalue weighted by Crippen LogP contribution is 2.36. The topological polar surface area (TPSA) is 29.5 Å². The van der Waals surface area contributed by atoms with Gasteiger partial charge in [-0.25, -0.2) is 0 Å². The van der Waals surface area contributed by atoms with Crippen LogP contribution in [0.15, 0.2) is 11.6 Å². The highest BCUT2D eigenvalue weighted by Gasteiger charge is 2.36. The average molecular weight is 168 g/mol. The number of rotatable bonds is 1. The molecule has 0 aromatic heterocycles. The number of aliphatic hydroxyl groups excluding tert-OH is 1. The van der Waals surface area contributed by atoms with Crippen LogP contribution in [0.2, 0.25) is 0 Å². The van der Waals surface area contributed by atoms with E-state index in [0.29, 0.717) is 6.10 Å². The molecule has 1 heterocycles. The van der Waals surface area contributed by atoms with Gasteiger partial charge in [-0.1, -0.05) is 6.42 Å². The lowest BCUT2D eigenvalue weighted by atomic mass is 9.92. The van der Waals surface area contributed by atoms with Crippen molar-refractivity contribution >= 4 is 0 Å². The first-order valence-corrected chi connectivity index (χ1v) is 4.74. The number of fused-ring (bicyclic) bond motifs is 1. The van der Waals surface area contributed by atoms with Gasteiger partial charge in [0.25, 0.3) is 0 Å². The van der Waals surface area contributed by atoms with Crippen LogP contribution in [0.25, 0.3) is 0 Å². The van der Waals surface area contributed by atoms with Crippen LogP contribution < -0.4 is 0 Å². The summed E-state index contributed by atoms with van der Waals surface area (Å²) in [5, 5.41) is 9.10. The monoisotopic (exact) mass is 168 g/mol. The van der Waals surface area contributed by atoms with Crippen LogP contribution in [-0.4, -0.2) is 23.4 Å². The molecule has 0 amide bonds. The first-order chi connectivity index (χ1) is 5.73. The van der Waals surface area contributed by atoms with Gasteiger partial charge in [-0.2, -0.15) is 0 Å². The molecule has 2 rings (SSSR count). The molecule has 0 unspecified atom stereocenters. The summed E-state index contributed by atoms with van der Waals surface area (Å²) in [6.45, 7) is 2.06. The van der Waals surface area contributed by atoms with Crippen molar-refractivity contribution in [2.75, 3.05) is 6.61 Å². The summed E-state index contributed by atoms with van der Waals surface area (Å²) >= 11 is 0. The summed E-state index contributed by atoms with van der Waals surface area (Å²) in [5.74, 6) is 0. The third-order valence-corrected chi connectivity index (χ3v) is 2.81. The molecule has 0 radical (unpaired) electrons. The largest absolute Gasteiger partial charge is 0.393 e. The van der Waals surface area contributed by atoms with Gasteiger partial charge in [-0.05, 0) is 37.8 Å². The van der Waals surface area contributed by atoms with E-state index in [1.54, 1.807) is 0 Å². The minimum Gasteiger partial charge on any atom is -0.393 e. The zero-order chi connectivity index (χ0) is 8.60. The first-order valence-electron chi connectivity index (χ1n) is 4.74. The van der Waals surface area contributed by atoms with Crippen molar-refractivity contribution in [2.45, 2.75) is 44.3 Å². The SMILES string of the molecule is C[C@]1(CO)C=C2CCCC[C@H]2O1. The second-order valence-corrected chi connectivity index (χ2v) is 4.04. The zero-order valence-corrected chi connectivity index (χ0v) is 7.55. The third kappa shape index (κ3) is 1.29. The molecular formula is C10H16O2. The van der Waals surface area contributed by atoms with E-state index in [-0.39, 0.29) is 12.2 Å². The molecule has 1 saturated carbocycles. The molecule has 12 heavy (non-hydrogen) atoms. The van der Waals surface area contributed by atoms with E-state index >= 15 is 0 Å². The predicted octanol–water partition coefficient (Wildman–Crippen LogP) is 1.64. The fourth-order valence-corrected chi connectivity index (χ4v) is 2.14. The van der Waals surface area contributed by atoms with Crippen molar-refractivity contribution < 1.29 is 9.84 Å². The molecule has 68 valence electrons. The minimum atomic E-state index is -0.385. The average Bonchev–Trinajstić information content (AvgIpc) is 2.42. The van der Waals surface area contributed by atoms with E-state index in [2.05, 4.69) is 6.08 Å². The summed E-state index contributed by atoms with van der Waals surface area (Å²) < 4.78 is 5.76. The van der Waals surface area contributed by atoms with Gasteiger partial charge in [0.1, 0.15) is 5.60 Å². The molecule has 1 aliphatic carbocycles. The Morgan fingerprint density at radius 1 is 1.67 bits per heavy atom. The summed E-state index contributed by atoms with van der Waals surface area (Å²) in [5.41, 5.74) is 1.03. The molecule has 0 aromatic carbocycles. The Labute approximate surface area is 73.2 Å². The van der Waals surface area contributed by atoms with Gasteiger partial charge in [0.2, 0.25) is 0 Å². The molecule has 2 atom stereocenters. The molecule has 0 saturated heterocycles. The highest BCUT2D eigenvalue weighted by molar-refractivity contribution is 5.22. The van der Waals surface area contributed by atoms with Crippen LogP contribution in [0.3, 0.4) is 0 Å². The fourth-order valence-electron chi connectivity index (χ4n) is 2.14. The number of hydrogen-bond acceptors (Lipinski definition) is 2. The van der Waals surface area contributed by atoms with Gasteiger partial charge in [0.05, 0.1) is 12.7 Å². The minimum absolute atomic E-state index is 0.104. The zero-order valence-electron chi connectivity index (χ0n) is 7.55. The molecule has 0 aromatic rings. The predicted molar refractivity (Wildman–Crippen MR) is 46.9 cm³/mol. The molecular weight excluding hydrogens is 152 g/mol. The summed E-state index contributed by atoms with van der Waals surface area (Å²) in [6, 6.07) is 0. The molecule has 1 fully saturated rings. The van der Waals surface area contributed by atoms with Crippen LogP contribution >= 0.6 is 0 Å². The standard InChI is InChI=1S/C10H16O2/c1-10(7-11)6-8-4-2-3-5-9(8)12-10/h6,9,11H,2-5,7H2,1H3/t9-,10-/m1/s1. The van der Waals surface area contributed by atoms with Gasteiger partial charge in [-0.15, -0.1) is 0 Å². The first kappa shape index (κ1) is 8.27. The Bertz CT molecular complexity index is 210. The van der Waals surface area contributed by atoms with Crippen molar-refractivity contribution in [1.82, 2.24) is 0 Å². The summed E-state index contributed by atoms with van der Waals surface area (Å²) in [6.07, 6.45) is 7.30. The Morgan fingerprint density at radius 2 is 2.50 bits per heavy atom. The van der Waals surface area contributed by atoms with E-state index in [9.17, 15) is 0 Å². The Hall–Kier alpha value is -0.340. The van der Waals surface area contributed by atoms with Gasteiger partial charge >= 0.3 is 0 Å². The molecule has 0 spiro atoms. The smallest absolute Gasteiger partial charge is 0.108 e. The van der Waals surface area contributed by atoms with E-state index in [0.717, 1.165) is 6.42 Å². The van der Waals surface area contributed by atoms with Crippen molar-refractivity contribution in [3.63, 3.8) is 0 Å². The van der Waals surface area contributed by atoms with Gasteiger partial charge < -0.3 is 9.84 Å². The maximum absolute atomic E-state index is 9.10. The lowest BCUT2D eigenvalue weighted by molar-refractivity contribution is -0.0519. The van der Waals surface area contributed by atoms with Crippen molar-refractivity contribution in [3.8, 4) is 0 Å². The maximum Gasteiger partial charge on any atom is 0.108 e. The Morgan fingerprint density at radius 3 is 3.17 bits per heavy atom. The second-order valence-electron chi connectivity index (χ2n) is 4.04. The van der Waals surface area contributed by atoms with E-state index in [1.807, 2.05) is 6.92 Å². The van der Waals surface area contributed by atoms with Crippen LogP contribution in [0.4, 0.5) is 0 Å². The quantitative estimate of drug-likeness (QED) is 0.603. The summed E-state index contributed by atoms with van der Waals surface area (Å²) in [4.78, 5) is 0. The Kier molecular flexibility index (Phi) is 1.97. The number of hydrogen-bond donors (Lipinski definition) is 1. The van der Waals surface area contributed by atoms with Crippen LogP contribution in [0, 0.1) is 0 Å². The van der Waals surface area contributed by atoms with Gasteiger partial charge in [-0.3, -0.25) is 0 Å². The van der Waals surface area contributed by atoms with Crippen LogP contribution in [0.5, 0.6) is 0 Å².